The van der Waals surface area contributed by atoms with Gasteiger partial charge in [-0.05, 0) is 25.8 Å². The predicted molar refractivity (Wildman–Crippen MR) is 138 cm³/mol. The summed E-state index contributed by atoms with van der Waals surface area (Å²) >= 11 is 0. The minimum absolute atomic E-state index is 0. The van der Waals surface area contributed by atoms with Crippen LogP contribution in [-0.2, 0) is 4.74 Å². The van der Waals surface area contributed by atoms with E-state index >= 15 is 0 Å². The van der Waals surface area contributed by atoms with Crippen molar-refractivity contribution in [1.29, 1.82) is 0 Å². The highest BCUT2D eigenvalue weighted by Crippen LogP contribution is 2.14. The maximum absolute atomic E-state index is 5.99. The van der Waals surface area contributed by atoms with Gasteiger partial charge in [0.2, 0.25) is 0 Å². The normalized spacial score (nSPS) is 23.5. The van der Waals surface area contributed by atoms with Gasteiger partial charge in [-0.25, -0.2) is 0 Å². The van der Waals surface area contributed by atoms with Gasteiger partial charge in [-0.3, -0.25) is 14.8 Å². The molecule has 2 aliphatic rings. The van der Waals surface area contributed by atoms with E-state index in [2.05, 4.69) is 67.0 Å². The lowest BCUT2D eigenvalue weighted by atomic mass is 10.0. The lowest BCUT2D eigenvalue weighted by Crippen LogP contribution is -2.52. The van der Waals surface area contributed by atoms with E-state index in [1.165, 1.54) is 0 Å². The van der Waals surface area contributed by atoms with Crippen LogP contribution in [0.3, 0.4) is 0 Å². The highest BCUT2D eigenvalue weighted by molar-refractivity contribution is 14.0. The fourth-order valence-electron chi connectivity index (χ4n) is 4.22. The fourth-order valence-corrected chi connectivity index (χ4v) is 4.22. The van der Waals surface area contributed by atoms with Gasteiger partial charge in [0.1, 0.15) is 0 Å². The maximum atomic E-state index is 5.99. The Labute approximate surface area is 202 Å². The lowest BCUT2D eigenvalue weighted by Gasteiger charge is -2.39. The van der Waals surface area contributed by atoms with Crippen molar-refractivity contribution in [2.45, 2.75) is 46.8 Å². The van der Waals surface area contributed by atoms with Crippen molar-refractivity contribution in [3.63, 3.8) is 0 Å². The van der Waals surface area contributed by atoms with Gasteiger partial charge in [-0.1, -0.05) is 27.7 Å². The molecule has 0 aromatic heterocycles. The van der Waals surface area contributed by atoms with E-state index in [-0.39, 0.29) is 30.1 Å². The zero-order valence-electron chi connectivity index (χ0n) is 20.2. The molecule has 2 saturated heterocycles. The second kappa shape index (κ2) is 14.8. The van der Waals surface area contributed by atoms with Crippen molar-refractivity contribution in [2.75, 3.05) is 79.1 Å². The van der Waals surface area contributed by atoms with Crippen molar-refractivity contribution in [3.05, 3.63) is 0 Å². The van der Waals surface area contributed by atoms with Crippen LogP contribution < -0.4 is 10.6 Å². The SMILES string of the molecule is CCNC(=NCC(C(C)C)N1CCN(C)CC1)NCC1CN(CC(C)C)CCO1.I. The third kappa shape index (κ3) is 9.97. The molecule has 2 heterocycles. The summed E-state index contributed by atoms with van der Waals surface area (Å²) in [5, 5.41) is 6.94. The predicted octanol–water partition coefficient (Wildman–Crippen LogP) is 1.79. The first kappa shape index (κ1) is 27.9. The molecule has 7 nitrogen and oxygen atoms in total. The Balaban J connectivity index is 0.00000450. The molecule has 0 aromatic rings. The maximum Gasteiger partial charge on any atom is 0.191 e. The van der Waals surface area contributed by atoms with Gasteiger partial charge in [0.05, 0.1) is 19.3 Å². The van der Waals surface area contributed by atoms with E-state index in [1.807, 2.05) is 0 Å². The topological polar surface area (TPSA) is 55.4 Å². The van der Waals surface area contributed by atoms with Gasteiger partial charge in [0.25, 0.3) is 0 Å². The zero-order valence-corrected chi connectivity index (χ0v) is 22.5. The van der Waals surface area contributed by atoms with E-state index < -0.39 is 0 Å². The third-order valence-corrected chi connectivity index (χ3v) is 5.90. The summed E-state index contributed by atoms with van der Waals surface area (Å²) in [5.41, 5.74) is 0. The fraction of sp³-hybridized carbons (Fsp3) is 0.955. The molecule has 0 amide bonds. The smallest absolute Gasteiger partial charge is 0.191 e. The van der Waals surface area contributed by atoms with Crippen LogP contribution in [0.25, 0.3) is 0 Å². The number of guanidine groups is 1. The molecular formula is C22H47IN6O. The number of piperazine rings is 1. The molecule has 0 radical (unpaired) electrons. The molecule has 0 aromatic carbocycles. The summed E-state index contributed by atoms with van der Waals surface area (Å²) in [6.45, 7) is 22.4. The van der Waals surface area contributed by atoms with Crippen molar-refractivity contribution in [3.8, 4) is 0 Å². The van der Waals surface area contributed by atoms with Crippen molar-refractivity contribution >= 4 is 29.9 Å². The molecule has 0 aliphatic carbocycles. The Morgan fingerprint density at radius 3 is 2.37 bits per heavy atom. The zero-order chi connectivity index (χ0) is 21.2. The summed E-state index contributed by atoms with van der Waals surface area (Å²) in [6.07, 6.45) is 0.227. The Morgan fingerprint density at radius 1 is 1.07 bits per heavy atom. The van der Waals surface area contributed by atoms with Crippen LogP contribution in [0.1, 0.15) is 34.6 Å². The van der Waals surface area contributed by atoms with Crippen LogP contribution in [0.2, 0.25) is 0 Å². The molecule has 2 atom stereocenters. The molecule has 2 fully saturated rings. The summed E-state index contributed by atoms with van der Waals surface area (Å²) in [5.74, 6) is 2.20. The summed E-state index contributed by atoms with van der Waals surface area (Å²) < 4.78 is 5.99. The number of aliphatic imine (C=N–C) groups is 1. The Morgan fingerprint density at radius 2 is 1.77 bits per heavy atom. The average molecular weight is 539 g/mol. The van der Waals surface area contributed by atoms with Gasteiger partial charge >= 0.3 is 0 Å². The molecule has 0 saturated carbocycles. The molecule has 0 spiro atoms. The molecule has 30 heavy (non-hydrogen) atoms. The molecule has 8 heteroatoms. The largest absolute Gasteiger partial charge is 0.374 e. The van der Waals surface area contributed by atoms with Crippen molar-refractivity contribution in [2.24, 2.45) is 16.8 Å². The molecule has 2 aliphatic heterocycles. The van der Waals surface area contributed by atoms with E-state index in [1.54, 1.807) is 0 Å². The van der Waals surface area contributed by atoms with E-state index in [4.69, 9.17) is 9.73 Å². The minimum Gasteiger partial charge on any atom is -0.374 e. The first-order chi connectivity index (χ1) is 13.9. The standard InChI is InChI=1S/C22H46N6O.HI/c1-7-23-22(24-14-20-17-27(12-13-29-20)16-18(2)3)25-15-21(19(4)5)28-10-8-26(6)9-11-28;/h18-21H,7-17H2,1-6H3,(H2,23,24,25);1H. The number of hydrogen-bond donors (Lipinski definition) is 2. The van der Waals surface area contributed by atoms with Crippen LogP contribution in [0, 0.1) is 11.8 Å². The van der Waals surface area contributed by atoms with Gasteiger partial charge in [0.15, 0.2) is 5.96 Å². The molecule has 178 valence electrons. The summed E-state index contributed by atoms with van der Waals surface area (Å²) in [6, 6.07) is 0.492. The monoisotopic (exact) mass is 538 g/mol. The quantitative estimate of drug-likeness (QED) is 0.265. The molecule has 2 unspecified atom stereocenters. The van der Waals surface area contributed by atoms with Gasteiger partial charge in [0, 0.05) is 64.9 Å². The summed E-state index contributed by atoms with van der Waals surface area (Å²) in [7, 11) is 2.21. The lowest BCUT2D eigenvalue weighted by molar-refractivity contribution is -0.0284. The Kier molecular flexibility index (Phi) is 13.8. The average Bonchev–Trinajstić information content (AvgIpc) is 2.67. The number of halogens is 1. The molecular weight excluding hydrogens is 491 g/mol. The minimum atomic E-state index is 0. The Hall–Kier alpha value is -0.160. The third-order valence-electron chi connectivity index (χ3n) is 5.90. The van der Waals surface area contributed by atoms with Crippen LogP contribution in [0.5, 0.6) is 0 Å². The second-order valence-corrected chi connectivity index (χ2v) is 9.40. The highest BCUT2D eigenvalue weighted by atomic mass is 127. The Bertz CT molecular complexity index is 482. The van der Waals surface area contributed by atoms with Gasteiger partial charge in [-0.15, -0.1) is 24.0 Å². The van der Waals surface area contributed by atoms with E-state index in [0.717, 1.165) is 78.0 Å². The van der Waals surface area contributed by atoms with Crippen LogP contribution >= 0.6 is 24.0 Å². The molecule has 2 N–H and O–H groups in total. The number of morpholine rings is 1. The number of rotatable bonds is 9. The van der Waals surface area contributed by atoms with Gasteiger partial charge in [-0.2, -0.15) is 0 Å². The van der Waals surface area contributed by atoms with Gasteiger partial charge < -0.3 is 20.3 Å². The van der Waals surface area contributed by atoms with Crippen LogP contribution in [-0.4, -0.2) is 112 Å². The second-order valence-electron chi connectivity index (χ2n) is 9.40. The number of hydrogen-bond acceptors (Lipinski definition) is 5. The first-order valence-corrected chi connectivity index (χ1v) is 11.7. The number of ether oxygens (including phenoxy) is 1. The van der Waals surface area contributed by atoms with E-state index in [0.29, 0.717) is 17.9 Å². The van der Waals surface area contributed by atoms with E-state index in [9.17, 15) is 0 Å². The highest BCUT2D eigenvalue weighted by Gasteiger charge is 2.25. The number of nitrogens with one attached hydrogen (secondary N) is 2. The summed E-state index contributed by atoms with van der Waals surface area (Å²) in [4.78, 5) is 12.5. The first-order valence-electron chi connectivity index (χ1n) is 11.7. The van der Waals surface area contributed by atoms with Crippen molar-refractivity contribution in [1.82, 2.24) is 25.3 Å². The molecule has 0 bridgehead atoms. The number of likely N-dealkylation sites (N-methyl/N-ethyl adjacent to an activating group) is 1. The molecule has 2 rings (SSSR count). The van der Waals surface area contributed by atoms with Crippen LogP contribution in [0.15, 0.2) is 4.99 Å². The van der Waals surface area contributed by atoms with Crippen LogP contribution in [0.4, 0.5) is 0 Å². The van der Waals surface area contributed by atoms with Crippen molar-refractivity contribution < 1.29 is 4.74 Å². The number of nitrogens with zero attached hydrogens (tertiary/aromatic N) is 4.